The normalized spacial score (nSPS) is 17.5. The van der Waals surface area contributed by atoms with Crippen LogP contribution in [0.15, 0.2) is 45.3 Å². The van der Waals surface area contributed by atoms with E-state index in [2.05, 4.69) is 78.1 Å². The zero-order valence-electron chi connectivity index (χ0n) is 14.5. The first-order chi connectivity index (χ1) is 12.2. The highest BCUT2D eigenvalue weighted by molar-refractivity contribution is 9.10. The van der Waals surface area contributed by atoms with Crippen LogP contribution in [-0.4, -0.2) is 26.2 Å². The summed E-state index contributed by atoms with van der Waals surface area (Å²) in [7, 11) is 0. The fraction of sp³-hybridized carbons (Fsp3) is 0.429. The lowest BCUT2D eigenvalue weighted by molar-refractivity contribution is 0.949. The predicted molar refractivity (Wildman–Crippen MR) is 114 cm³/mol. The lowest BCUT2D eigenvalue weighted by Gasteiger charge is -2.20. The van der Waals surface area contributed by atoms with Gasteiger partial charge in [-0.05, 0) is 67.5 Å². The van der Waals surface area contributed by atoms with Crippen LogP contribution in [0.3, 0.4) is 0 Å². The Bertz CT molecular complexity index is 684. The van der Waals surface area contributed by atoms with Gasteiger partial charge in [-0.1, -0.05) is 44.0 Å². The Morgan fingerprint density at radius 1 is 0.640 bits per heavy atom. The van der Waals surface area contributed by atoms with Crippen molar-refractivity contribution >= 4 is 43.2 Å². The first-order valence-corrected chi connectivity index (χ1v) is 10.9. The summed E-state index contributed by atoms with van der Waals surface area (Å²) in [5, 5.41) is 0. The zero-order chi connectivity index (χ0) is 17.2. The van der Waals surface area contributed by atoms with Gasteiger partial charge in [0.15, 0.2) is 0 Å². The molecule has 132 valence electrons. The highest BCUT2D eigenvalue weighted by Gasteiger charge is 2.15. The Hall–Kier alpha value is -1.00. The maximum absolute atomic E-state index is 3.79. The molecule has 0 saturated carbocycles. The molecule has 0 bridgehead atoms. The van der Waals surface area contributed by atoms with Gasteiger partial charge >= 0.3 is 0 Å². The second-order valence-corrected chi connectivity index (χ2v) is 8.83. The minimum Gasteiger partial charge on any atom is -0.372 e. The monoisotopic (exact) mass is 462 g/mol. The smallest absolute Gasteiger partial charge is 0.0377 e. The molecule has 2 saturated heterocycles. The summed E-state index contributed by atoms with van der Waals surface area (Å²) in [5.74, 6) is 0. The average Bonchev–Trinajstić information content (AvgIpc) is 3.31. The van der Waals surface area contributed by atoms with Gasteiger partial charge in [0.25, 0.3) is 0 Å². The van der Waals surface area contributed by atoms with Gasteiger partial charge in [0.2, 0.25) is 0 Å². The average molecular weight is 464 g/mol. The first-order valence-electron chi connectivity index (χ1n) is 9.27. The molecule has 2 aromatic carbocycles. The minimum atomic E-state index is 0.946. The standard InChI is InChI=1S/C21H24Br2N2/c22-20-14-18(24-9-1-2-10-24)7-5-16(20)13-17-6-8-19(15-21(17)23)25-11-3-4-12-25/h5-8,14-15H,1-4,9-13H2. The van der Waals surface area contributed by atoms with Crippen molar-refractivity contribution in [1.29, 1.82) is 0 Å². The molecule has 25 heavy (non-hydrogen) atoms. The van der Waals surface area contributed by atoms with Crippen molar-refractivity contribution in [2.24, 2.45) is 0 Å². The van der Waals surface area contributed by atoms with Crippen LogP contribution in [0.5, 0.6) is 0 Å². The van der Waals surface area contributed by atoms with Gasteiger partial charge in [-0.3, -0.25) is 0 Å². The molecule has 2 aliphatic heterocycles. The number of benzene rings is 2. The van der Waals surface area contributed by atoms with Crippen molar-refractivity contribution < 1.29 is 0 Å². The molecule has 0 radical (unpaired) electrons. The highest BCUT2D eigenvalue weighted by atomic mass is 79.9. The summed E-state index contributed by atoms with van der Waals surface area (Å²) >= 11 is 7.59. The van der Waals surface area contributed by atoms with Gasteiger partial charge in [-0.25, -0.2) is 0 Å². The van der Waals surface area contributed by atoms with Crippen molar-refractivity contribution in [3.8, 4) is 0 Å². The van der Waals surface area contributed by atoms with Crippen molar-refractivity contribution in [2.75, 3.05) is 36.0 Å². The zero-order valence-corrected chi connectivity index (χ0v) is 17.7. The van der Waals surface area contributed by atoms with E-state index in [0.717, 1.165) is 6.42 Å². The van der Waals surface area contributed by atoms with E-state index in [1.54, 1.807) is 0 Å². The molecule has 0 atom stereocenters. The van der Waals surface area contributed by atoms with Crippen molar-refractivity contribution in [2.45, 2.75) is 32.1 Å². The molecule has 0 spiro atoms. The number of anilines is 2. The van der Waals surface area contributed by atoms with Crippen LogP contribution in [0.4, 0.5) is 11.4 Å². The third kappa shape index (κ3) is 3.90. The van der Waals surface area contributed by atoms with Crippen molar-refractivity contribution in [3.05, 3.63) is 56.5 Å². The van der Waals surface area contributed by atoms with Crippen molar-refractivity contribution in [1.82, 2.24) is 0 Å². The first kappa shape index (κ1) is 17.4. The van der Waals surface area contributed by atoms with Crippen LogP contribution in [0, 0.1) is 0 Å². The van der Waals surface area contributed by atoms with Crippen LogP contribution >= 0.6 is 31.9 Å². The second kappa shape index (κ2) is 7.71. The van der Waals surface area contributed by atoms with Gasteiger partial charge in [0.1, 0.15) is 0 Å². The van der Waals surface area contributed by atoms with Crippen LogP contribution < -0.4 is 9.80 Å². The van der Waals surface area contributed by atoms with Crippen LogP contribution in [-0.2, 0) is 6.42 Å². The molecular formula is C21H24Br2N2. The Balaban J connectivity index is 1.51. The quantitative estimate of drug-likeness (QED) is 0.548. The summed E-state index contributed by atoms with van der Waals surface area (Å²) in [6.07, 6.45) is 6.21. The molecule has 2 aromatic rings. The number of halogens is 2. The van der Waals surface area contributed by atoms with Crippen LogP contribution in [0.2, 0.25) is 0 Å². The largest absolute Gasteiger partial charge is 0.372 e. The molecular weight excluding hydrogens is 440 g/mol. The van der Waals surface area contributed by atoms with E-state index >= 15 is 0 Å². The summed E-state index contributed by atoms with van der Waals surface area (Å²) in [6.45, 7) is 4.76. The maximum Gasteiger partial charge on any atom is 0.0377 e. The molecule has 2 nitrogen and oxygen atoms in total. The Morgan fingerprint density at radius 2 is 1.04 bits per heavy atom. The minimum absolute atomic E-state index is 0.946. The molecule has 0 N–H and O–H groups in total. The van der Waals surface area contributed by atoms with E-state index in [0.29, 0.717) is 0 Å². The van der Waals surface area contributed by atoms with Gasteiger partial charge in [0.05, 0.1) is 0 Å². The van der Waals surface area contributed by atoms with Gasteiger partial charge in [-0.2, -0.15) is 0 Å². The van der Waals surface area contributed by atoms with Crippen LogP contribution in [0.25, 0.3) is 0 Å². The van der Waals surface area contributed by atoms with Crippen LogP contribution in [0.1, 0.15) is 36.8 Å². The molecule has 2 fully saturated rings. The fourth-order valence-electron chi connectivity index (χ4n) is 3.91. The van der Waals surface area contributed by atoms with Gasteiger partial charge in [-0.15, -0.1) is 0 Å². The van der Waals surface area contributed by atoms with E-state index in [9.17, 15) is 0 Å². The van der Waals surface area contributed by atoms with Crippen molar-refractivity contribution in [3.63, 3.8) is 0 Å². The maximum atomic E-state index is 3.79. The Labute approximate surface area is 167 Å². The SMILES string of the molecule is Brc1cc(N2CCCC2)ccc1Cc1ccc(N2CCCC2)cc1Br. The molecule has 2 heterocycles. The molecule has 4 rings (SSSR count). The third-order valence-corrected chi connectivity index (χ3v) is 6.87. The third-order valence-electron chi connectivity index (χ3n) is 5.40. The van der Waals surface area contributed by atoms with E-state index in [4.69, 9.17) is 0 Å². The van der Waals surface area contributed by atoms with E-state index in [1.165, 1.54) is 83.3 Å². The lowest BCUT2D eigenvalue weighted by atomic mass is 10.0. The Kier molecular flexibility index (Phi) is 5.37. The summed E-state index contributed by atoms with van der Waals surface area (Å²) < 4.78 is 2.43. The molecule has 0 aliphatic carbocycles. The molecule has 0 unspecified atom stereocenters. The topological polar surface area (TPSA) is 6.48 Å². The predicted octanol–water partition coefficient (Wildman–Crippen LogP) is 6.00. The number of nitrogens with zero attached hydrogens (tertiary/aromatic N) is 2. The van der Waals surface area contributed by atoms with E-state index < -0.39 is 0 Å². The fourth-order valence-corrected chi connectivity index (χ4v) is 4.92. The second-order valence-electron chi connectivity index (χ2n) is 7.12. The summed E-state index contributed by atoms with van der Waals surface area (Å²) in [5.41, 5.74) is 5.38. The number of hydrogen-bond acceptors (Lipinski definition) is 2. The van der Waals surface area contributed by atoms with E-state index in [-0.39, 0.29) is 0 Å². The Morgan fingerprint density at radius 3 is 1.40 bits per heavy atom. The molecule has 0 aromatic heterocycles. The highest BCUT2D eigenvalue weighted by Crippen LogP contribution is 2.32. The number of hydrogen-bond donors (Lipinski definition) is 0. The number of rotatable bonds is 4. The van der Waals surface area contributed by atoms with Gasteiger partial charge in [0, 0.05) is 46.5 Å². The molecule has 2 aliphatic rings. The lowest BCUT2D eigenvalue weighted by Crippen LogP contribution is -2.17. The van der Waals surface area contributed by atoms with E-state index in [1.807, 2.05) is 0 Å². The van der Waals surface area contributed by atoms with Gasteiger partial charge < -0.3 is 9.80 Å². The molecule has 4 heteroatoms. The summed E-state index contributed by atoms with van der Waals surface area (Å²) in [6, 6.07) is 13.7. The molecule has 0 amide bonds. The summed E-state index contributed by atoms with van der Waals surface area (Å²) in [4.78, 5) is 4.96.